The number of ether oxygens (including phenoxy) is 1. The summed E-state index contributed by atoms with van der Waals surface area (Å²) in [5, 5.41) is 7.59. The van der Waals surface area contributed by atoms with Crippen LogP contribution in [-0.4, -0.2) is 0 Å². The normalized spacial score (nSPS) is 16.8. The van der Waals surface area contributed by atoms with Gasteiger partial charge in [-0.3, -0.25) is 0 Å². The summed E-state index contributed by atoms with van der Waals surface area (Å²) in [4.78, 5) is 0. The lowest BCUT2D eigenvalue weighted by Crippen LogP contribution is -2.08. The van der Waals surface area contributed by atoms with Crippen LogP contribution in [-0.2, 0) is 6.42 Å². The molecule has 6 aromatic carbocycles. The van der Waals surface area contributed by atoms with Crippen LogP contribution in [0.15, 0.2) is 156 Å². The monoisotopic (exact) mass is 684 g/mol. The third-order valence-electron chi connectivity index (χ3n) is 11.8. The van der Waals surface area contributed by atoms with Gasteiger partial charge in [0.15, 0.2) is 0 Å². The summed E-state index contributed by atoms with van der Waals surface area (Å²) in [7, 11) is 0. The number of hydrogen-bond acceptors (Lipinski definition) is 5. The molecular weight excluding hydrogens is 657 g/mol. The van der Waals surface area contributed by atoms with Gasteiger partial charge in [0.05, 0.1) is 10.8 Å². The Morgan fingerprint density at radius 3 is 1.98 bits per heavy atom. The molecule has 0 bridgehead atoms. The van der Waals surface area contributed by atoms with Crippen LogP contribution in [0.4, 0.5) is 0 Å². The number of hydrogen-bond donors (Lipinski definition) is 0. The molecule has 5 nitrogen and oxygen atoms in total. The van der Waals surface area contributed by atoms with Gasteiger partial charge in [-0.25, -0.2) is 0 Å². The highest BCUT2D eigenvalue weighted by Gasteiger charge is 2.34. The maximum absolute atomic E-state index is 6.59. The van der Waals surface area contributed by atoms with Crippen LogP contribution in [0, 0.1) is 0 Å². The van der Waals surface area contributed by atoms with Gasteiger partial charge in [-0.05, 0) is 108 Å². The van der Waals surface area contributed by atoms with E-state index in [0.29, 0.717) is 0 Å². The Kier molecular flexibility index (Phi) is 5.26. The van der Waals surface area contributed by atoms with E-state index in [1.54, 1.807) is 0 Å². The van der Waals surface area contributed by atoms with Crippen molar-refractivity contribution in [1.29, 1.82) is 0 Å². The van der Waals surface area contributed by atoms with E-state index < -0.39 is 0 Å². The highest BCUT2D eigenvalue weighted by atomic mass is 16.5. The molecule has 0 saturated carbocycles. The average molecular weight is 685 g/mol. The lowest BCUT2D eigenvalue weighted by molar-refractivity contribution is 0.423. The molecule has 13 rings (SSSR count). The van der Waals surface area contributed by atoms with Gasteiger partial charge in [0.2, 0.25) is 0 Å². The Hall–Kier alpha value is -6.72. The second-order valence-corrected chi connectivity index (χ2v) is 14.6. The van der Waals surface area contributed by atoms with E-state index in [1.807, 2.05) is 30.3 Å². The Balaban J connectivity index is 0.858. The predicted molar refractivity (Wildman–Crippen MR) is 210 cm³/mol. The third kappa shape index (κ3) is 3.81. The van der Waals surface area contributed by atoms with Crippen molar-refractivity contribution >= 4 is 82.9 Å². The zero-order valence-electron chi connectivity index (χ0n) is 28.4. The fourth-order valence-corrected chi connectivity index (χ4v) is 9.26. The van der Waals surface area contributed by atoms with Gasteiger partial charge >= 0.3 is 0 Å². The Morgan fingerprint density at radius 2 is 1.17 bits per heavy atom. The van der Waals surface area contributed by atoms with E-state index in [2.05, 4.69) is 97.1 Å². The number of allylic oxidation sites excluding steroid dienone is 5. The predicted octanol–water partition coefficient (Wildman–Crippen LogP) is 13.5. The van der Waals surface area contributed by atoms with Crippen molar-refractivity contribution in [3.63, 3.8) is 0 Å². The highest BCUT2D eigenvalue weighted by Crippen LogP contribution is 2.50. The lowest BCUT2D eigenvalue weighted by Gasteiger charge is -2.22. The van der Waals surface area contributed by atoms with E-state index in [-0.39, 0.29) is 5.92 Å². The first-order valence-corrected chi connectivity index (χ1v) is 18.3. The van der Waals surface area contributed by atoms with Crippen molar-refractivity contribution in [2.75, 3.05) is 0 Å². The van der Waals surface area contributed by atoms with Crippen LogP contribution in [0.3, 0.4) is 0 Å². The van der Waals surface area contributed by atoms with Gasteiger partial charge < -0.3 is 22.4 Å². The maximum Gasteiger partial charge on any atom is 0.147 e. The fourth-order valence-electron chi connectivity index (χ4n) is 9.26. The topological polar surface area (TPSA) is 61.8 Å². The first-order chi connectivity index (χ1) is 26.2. The standard InChI is InChI=1S/C48H28O5/c1-3-7-37-31(5-1)45-43(50-37)19-13-29-33-21-25(11-17-41(33)52-47(29)45)27-9-15-39-35(23-27)36-24-28(10-16-40(36)49-39)26-12-18-42-34(22-26)30-14-20-44-46(48(30)53-42)32-6-2-4-8-38(32)51-44/h1-11,13-17,19-23,36H,12,18,24H2. The van der Waals surface area contributed by atoms with Crippen LogP contribution >= 0.6 is 0 Å². The van der Waals surface area contributed by atoms with Gasteiger partial charge in [-0.2, -0.15) is 0 Å². The molecule has 5 heteroatoms. The van der Waals surface area contributed by atoms with Crippen molar-refractivity contribution in [3.05, 3.63) is 155 Å². The zero-order valence-corrected chi connectivity index (χ0v) is 28.4. The molecule has 0 fully saturated rings. The number of rotatable bonds is 2. The number of para-hydroxylation sites is 2. The van der Waals surface area contributed by atoms with Crippen LogP contribution < -0.4 is 4.74 Å². The zero-order chi connectivity index (χ0) is 34.4. The van der Waals surface area contributed by atoms with Crippen LogP contribution in [0.25, 0.3) is 94.0 Å². The lowest BCUT2D eigenvalue weighted by atomic mass is 9.81. The number of aryl methyl sites for hydroxylation is 1. The second-order valence-electron chi connectivity index (χ2n) is 14.6. The van der Waals surface area contributed by atoms with Crippen molar-refractivity contribution in [2.24, 2.45) is 0 Å². The van der Waals surface area contributed by atoms with E-state index in [4.69, 9.17) is 22.4 Å². The molecule has 1 unspecified atom stereocenters. The Morgan fingerprint density at radius 1 is 0.491 bits per heavy atom. The SMILES string of the molecule is C1=C(C2=CC=C3Oc4ccc(-c5ccc6oc7c(ccc8oc9ccccc9c87)c6c5)cc4C3C2)CCc2oc3c(ccc4oc5ccccc5c43)c21. The van der Waals surface area contributed by atoms with Gasteiger partial charge in [-0.15, -0.1) is 0 Å². The molecule has 0 amide bonds. The molecule has 0 spiro atoms. The van der Waals surface area contributed by atoms with Gasteiger partial charge in [-0.1, -0.05) is 54.6 Å². The van der Waals surface area contributed by atoms with Crippen LogP contribution in [0.2, 0.25) is 0 Å². The van der Waals surface area contributed by atoms with Gasteiger partial charge in [0.25, 0.3) is 0 Å². The van der Waals surface area contributed by atoms with E-state index >= 15 is 0 Å². The molecule has 0 saturated heterocycles. The molecule has 53 heavy (non-hydrogen) atoms. The Bertz CT molecular complexity index is 3350. The summed E-state index contributed by atoms with van der Waals surface area (Å²) in [6.45, 7) is 0. The van der Waals surface area contributed by atoms with E-state index in [9.17, 15) is 0 Å². The second kappa shape index (κ2) is 9.99. The fraction of sp³-hybridized carbons (Fsp3) is 0.0833. The van der Waals surface area contributed by atoms with Crippen molar-refractivity contribution in [3.8, 4) is 16.9 Å². The largest absolute Gasteiger partial charge is 0.461 e. The minimum Gasteiger partial charge on any atom is -0.461 e. The third-order valence-corrected chi connectivity index (χ3v) is 11.8. The first kappa shape index (κ1) is 27.9. The highest BCUT2D eigenvalue weighted by molar-refractivity contribution is 6.22. The van der Waals surface area contributed by atoms with E-state index in [0.717, 1.165) is 119 Å². The summed E-state index contributed by atoms with van der Waals surface area (Å²) in [6, 6.07) is 37.9. The van der Waals surface area contributed by atoms with Gasteiger partial charge in [0.1, 0.15) is 56.4 Å². The number of fused-ring (bicyclic) bond motifs is 17. The molecule has 5 heterocycles. The molecule has 2 aliphatic carbocycles. The quantitative estimate of drug-likeness (QED) is 0.181. The Labute approximate surface area is 301 Å². The first-order valence-electron chi connectivity index (χ1n) is 18.3. The summed E-state index contributed by atoms with van der Waals surface area (Å²) in [5.41, 5.74) is 13.6. The van der Waals surface area contributed by atoms with Crippen molar-refractivity contribution < 1.29 is 22.4 Å². The molecule has 0 radical (unpaired) electrons. The summed E-state index contributed by atoms with van der Waals surface area (Å²) < 4.78 is 31.8. The minimum atomic E-state index is 0.173. The molecule has 1 aliphatic heterocycles. The van der Waals surface area contributed by atoms with Crippen LogP contribution in [0.1, 0.15) is 35.6 Å². The van der Waals surface area contributed by atoms with Gasteiger partial charge in [0, 0.05) is 50.4 Å². The average Bonchev–Trinajstić information content (AvgIpc) is 4.02. The molecule has 3 aliphatic rings. The molecule has 4 aromatic heterocycles. The number of furan rings is 4. The summed E-state index contributed by atoms with van der Waals surface area (Å²) in [6.07, 6.45) is 9.51. The smallest absolute Gasteiger partial charge is 0.147 e. The summed E-state index contributed by atoms with van der Waals surface area (Å²) in [5.74, 6) is 3.19. The molecule has 10 aromatic rings. The van der Waals surface area contributed by atoms with Crippen molar-refractivity contribution in [2.45, 2.75) is 25.2 Å². The van der Waals surface area contributed by atoms with E-state index in [1.165, 1.54) is 27.8 Å². The molecule has 0 N–H and O–H groups in total. The molecule has 1 atom stereocenters. The van der Waals surface area contributed by atoms with Crippen molar-refractivity contribution in [1.82, 2.24) is 0 Å². The molecule has 250 valence electrons. The van der Waals surface area contributed by atoms with Crippen LogP contribution in [0.5, 0.6) is 5.75 Å². The molecular formula is C48H28O5. The summed E-state index contributed by atoms with van der Waals surface area (Å²) >= 11 is 0. The maximum atomic E-state index is 6.59. The number of benzene rings is 6. The minimum absolute atomic E-state index is 0.173.